The van der Waals surface area contributed by atoms with Crippen molar-refractivity contribution in [2.24, 2.45) is 5.92 Å². The first-order valence-corrected chi connectivity index (χ1v) is 7.66. The van der Waals surface area contributed by atoms with Crippen molar-refractivity contribution < 1.29 is 4.79 Å². The zero-order valence-electron chi connectivity index (χ0n) is 13.3. The largest absolute Gasteiger partial charge is 0.399 e. The van der Waals surface area contributed by atoms with Crippen molar-refractivity contribution in [2.45, 2.75) is 52.0 Å². The molecule has 1 aromatic rings. The Morgan fingerprint density at radius 2 is 1.90 bits per heavy atom. The summed E-state index contributed by atoms with van der Waals surface area (Å²) in [6.45, 7) is 4.23. The first kappa shape index (κ1) is 17.8. The third kappa shape index (κ3) is 4.13. The predicted molar refractivity (Wildman–Crippen MR) is 91.0 cm³/mol. The van der Waals surface area contributed by atoms with E-state index in [9.17, 15) is 4.79 Å². The van der Waals surface area contributed by atoms with Gasteiger partial charge in [0.2, 0.25) is 0 Å². The van der Waals surface area contributed by atoms with Gasteiger partial charge in [-0.3, -0.25) is 4.79 Å². The van der Waals surface area contributed by atoms with Crippen molar-refractivity contribution in [3.05, 3.63) is 29.3 Å². The van der Waals surface area contributed by atoms with Gasteiger partial charge in [0.1, 0.15) is 0 Å². The van der Waals surface area contributed by atoms with Crippen molar-refractivity contribution in [3.63, 3.8) is 0 Å². The summed E-state index contributed by atoms with van der Waals surface area (Å²) in [5, 5.41) is 0. The van der Waals surface area contributed by atoms with Crippen molar-refractivity contribution in [1.82, 2.24) is 4.90 Å². The number of nitrogens with zero attached hydrogens (tertiary/aromatic N) is 1. The van der Waals surface area contributed by atoms with E-state index >= 15 is 0 Å². The Morgan fingerprint density at radius 1 is 1.29 bits per heavy atom. The van der Waals surface area contributed by atoms with Gasteiger partial charge < -0.3 is 10.6 Å². The number of hydrogen-bond acceptors (Lipinski definition) is 2. The van der Waals surface area contributed by atoms with Crippen LogP contribution in [-0.2, 0) is 0 Å². The third-order valence-electron chi connectivity index (χ3n) is 4.75. The molecular weight excluding hydrogens is 284 g/mol. The van der Waals surface area contributed by atoms with E-state index in [1.54, 1.807) is 6.07 Å². The molecule has 1 aliphatic rings. The second-order valence-electron chi connectivity index (χ2n) is 6.07. The molecule has 2 N–H and O–H groups in total. The fraction of sp³-hybridized carbons (Fsp3) is 0.588. The van der Waals surface area contributed by atoms with Gasteiger partial charge in [0, 0.05) is 24.3 Å². The number of benzene rings is 1. The molecule has 0 aliphatic heterocycles. The average molecular weight is 311 g/mol. The van der Waals surface area contributed by atoms with Crippen molar-refractivity contribution in [3.8, 4) is 0 Å². The minimum absolute atomic E-state index is 0. The predicted octanol–water partition coefficient (Wildman–Crippen LogP) is 4.04. The number of hydrogen-bond donors (Lipinski definition) is 1. The number of halogens is 1. The highest BCUT2D eigenvalue weighted by atomic mass is 35.5. The Morgan fingerprint density at radius 3 is 2.48 bits per heavy atom. The van der Waals surface area contributed by atoms with Gasteiger partial charge in [0.05, 0.1) is 0 Å². The number of nitrogens with two attached hydrogens (primary N) is 1. The van der Waals surface area contributed by atoms with Gasteiger partial charge >= 0.3 is 0 Å². The van der Waals surface area contributed by atoms with E-state index in [-0.39, 0.29) is 18.3 Å². The van der Waals surface area contributed by atoms with Gasteiger partial charge in [0.25, 0.3) is 5.91 Å². The van der Waals surface area contributed by atoms with Crippen molar-refractivity contribution >= 4 is 24.0 Å². The first-order chi connectivity index (χ1) is 9.52. The monoisotopic (exact) mass is 310 g/mol. The molecule has 0 aromatic heterocycles. The van der Waals surface area contributed by atoms with E-state index in [0.717, 1.165) is 29.9 Å². The normalized spacial score (nSPS) is 21.5. The molecule has 1 aliphatic carbocycles. The van der Waals surface area contributed by atoms with Crippen molar-refractivity contribution in [1.29, 1.82) is 0 Å². The van der Waals surface area contributed by atoms with Crippen LogP contribution < -0.4 is 5.73 Å². The van der Waals surface area contributed by atoms with Crippen LogP contribution in [0.5, 0.6) is 0 Å². The van der Waals surface area contributed by atoms with Crippen LogP contribution >= 0.6 is 12.4 Å². The maximum atomic E-state index is 12.6. The Bertz CT molecular complexity index is 482. The molecule has 1 saturated carbocycles. The number of aryl methyl sites for hydroxylation is 1. The molecule has 0 atom stereocenters. The number of anilines is 1. The topological polar surface area (TPSA) is 46.3 Å². The molecule has 0 heterocycles. The second kappa shape index (κ2) is 7.69. The van der Waals surface area contributed by atoms with Gasteiger partial charge in [0.15, 0.2) is 0 Å². The Kier molecular flexibility index (Phi) is 6.53. The van der Waals surface area contributed by atoms with Crippen LogP contribution in [0.25, 0.3) is 0 Å². The summed E-state index contributed by atoms with van der Waals surface area (Å²) in [5.41, 5.74) is 8.20. The Hall–Kier alpha value is -1.22. The lowest BCUT2D eigenvalue weighted by Gasteiger charge is -2.34. The number of nitrogen functional groups attached to an aromatic ring is 1. The van der Waals surface area contributed by atoms with E-state index in [0.29, 0.717) is 11.7 Å². The molecule has 21 heavy (non-hydrogen) atoms. The van der Waals surface area contributed by atoms with E-state index in [2.05, 4.69) is 6.92 Å². The van der Waals surface area contributed by atoms with Crippen LogP contribution in [0, 0.1) is 12.8 Å². The summed E-state index contributed by atoms with van der Waals surface area (Å²) in [7, 11) is 1.93. The van der Waals surface area contributed by atoms with Crippen LogP contribution in [0.3, 0.4) is 0 Å². The minimum Gasteiger partial charge on any atom is -0.399 e. The molecule has 118 valence electrons. The van der Waals surface area contributed by atoms with E-state index in [4.69, 9.17) is 5.73 Å². The highest BCUT2D eigenvalue weighted by Crippen LogP contribution is 2.29. The number of carbonyl (C=O) groups is 1. The summed E-state index contributed by atoms with van der Waals surface area (Å²) in [4.78, 5) is 14.6. The van der Waals surface area contributed by atoms with Gasteiger partial charge in [-0.15, -0.1) is 12.4 Å². The number of carbonyl (C=O) groups excluding carboxylic acids is 1. The molecule has 2 rings (SSSR count). The number of rotatable bonds is 3. The molecule has 1 aromatic carbocycles. The average Bonchev–Trinajstić information content (AvgIpc) is 2.48. The SMILES string of the molecule is CCC1CCC(N(C)C(=O)c2cc(N)ccc2C)CC1.Cl. The molecule has 0 radical (unpaired) electrons. The highest BCUT2D eigenvalue weighted by Gasteiger charge is 2.26. The summed E-state index contributed by atoms with van der Waals surface area (Å²) < 4.78 is 0. The fourth-order valence-electron chi connectivity index (χ4n) is 3.17. The van der Waals surface area contributed by atoms with Gasteiger partial charge in [-0.1, -0.05) is 19.4 Å². The summed E-state index contributed by atoms with van der Waals surface area (Å²) in [6.07, 6.45) is 6.01. The molecule has 0 bridgehead atoms. The van der Waals surface area contributed by atoms with Crippen molar-refractivity contribution in [2.75, 3.05) is 12.8 Å². The maximum Gasteiger partial charge on any atom is 0.254 e. The summed E-state index contributed by atoms with van der Waals surface area (Å²) >= 11 is 0. The molecule has 1 amide bonds. The lowest BCUT2D eigenvalue weighted by Crippen LogP contribution is -2.39. The van der Waals surface area contributed by atoms with Crippen LogP contribution in [0.15, 0.2) is 18.2 Å². The lowest BCUT2D eigenvalue weighted by atomic mass is 9.84. The van der Waals surface area contributed by atoms with Crippen LogP contribution in [0.2, 0.25) is 0 Å². The van der Waals surface area contributed by atoms with Crippen LogP contribution in [-0.4, -0.2) is 23.9 Å². The van der Waals surface area contributed by atoms with E-state index in [1.165, 1.54) is 19.3 Å². The molecule has 3 nitrogen and oxygen atoms in total. The molecule has 0 saturated heterocycles. The van der Waals surface area contributed by atoms with Gasteiger partial charge in [-0.25, -0.2) is 0 Å². The molecule has 4 heteroatoms. The molecule has 0 unspecified atom stereocenters. The smallest absolute Gasteiger partial charge is 0.254 e. The third-order valence-corrected chi connectivity index (χ3v) is 4.75. The molecular formula is C17H27ClN2O. The minimum atomic E-state index is 0. The zero-order chi connectivity index (χ0) is 14.7. The van der Waals surface area contributed by atoms with E-state index < -0.39 is 0 Å². The van der Waals surface area contributed by atoms with Gasteiger partial charge in [-0.05, 0) is 56.2 Å². The second-order valence-corrected chi connectivity index (χ2v) is 6.07. The summed E-state index contributed by atoms with van der Waals surface area (Å²) in [6, 6.07) is 5.94. The fourth-order valence-corrected chi connectivity index (χ4v) is 3.17. The van der Waals surface area contributed by atoms with E-state index in [1.807, 2.05) is 31.0 Å². The Labute approximate surface area is 134 Å². The Balaban J connectivity index is 0.00000220. The zero-order valence-corrected chi connectivity index (χ0v) is 14.1. The maximum absolute atomic E-state index is 12.6. The highest BCUT2D eigenvalue weighted by molar-refractivity contribution is 5.96. The lowest BCUT2D eigenvalue weighted by molar-refractivity contribution is 0.0674. The van der Waals surface area contributed by atoms with Crippen LogP contribution in [0.1, 0.15) is 54.9 Å². The quantitative estimate of drug-likeness (QED) is 0.856. The molecule has 0 spiro atoms. The standard InChI is InChI=1S/C17H26N2O.ClH/c1-4-13-6-9-15(10-7-13)19(3)17(20)16-11-14(18)8-5-12(16)2;/h5,8,11,13,15H,4,6-7,9-10,18H2,1-3H3;1H. The first-order valence-electron chi connectivity index (χ1n) is 7.66. The number of amides is 1. The molecule has 1 fully saturated rings. The summed E-state index contributed by atoms with van der Waals surface area (Å²) in [5.74, 6) is 0.957. The van der Waals surface area contributed by atoms with Gasteiger partial charge in [-0.2, -0.15) is 0 Å². The van der Waals surface area contributed by atoms with Crippen LogP contribution in [0.4, 0.5) is 5.69 Å².